The third-order valence-corrected chi connectivity index (χ3v) is 2.82. The first-order chi connectivity index (χ1) is 9.42. The van der Waals surface area contributed by atoms with E-state index < -0.39 is 0 Å². The van der Waals surface area contributed by atoms with Crippen LogP contribution in [-0.4, -0.2) is 25.9 Å². The van der Waals surface area contributed by atoms with Crippen LogP contribution in [0.15, 0.2) is 18.2 Å². The summed E-state index contributed by atoms with van der Waals surface area (Å²) < 4.78 is 24.3. The first-order valence-electron chi connectivity index (χ1n) is 7.07. The lowest BCUT2D eigenvalue weighted by Crippen LogP contribution is -2.35. The minimum absolute atomic E-state index is 0.0208. The van der Waals surface area contributed by atoms with E-state index in [0.29, 0.717) is 25.5 Å². The summed E-state index contributed by atoms with van der Waals surface area (Å²) in [5.74, 6) is 0.0203. The molecule has 0 spiro atoms. The van der Waals surface area contributed by atoms with E-state index in [1.807, 2.05) is 6.07 Å². The molecule has 1 aromatic rings. The zero-order valence-corrected chi connectivity index (χ0v) is 13.0. The molecule has 0 saturated carbocycles. The second-order valence-electron chi connectivity index (χ2n) is 5.92. The molecule has 0 unspecified atom stereocenters. The number of hydrogen-bond donors (Lipinski definition) is 1. The maximum absolute atomic E-state index is 13.9. The van der Waals surface area contributed by atoms with E-state index in [9.17, 15) is 4.39 Å². The fourth-order valence-corrected chi connectivity index (χ4v) is 1.67. The Labute approximate surface area is 121 Å². The van der Waals surface area contributed by atoms with Gasteiger partial charge in [0.1, 0.15) is 0 Å². The van der Waals surface area contributed by atoms with Gasteiger partial charge in [0.05, 0.1) is 6.61 Å². The van der Waals surface area contributed by atoms with Crippen LogP contribution in [0.2, 0.25) is 0 Å². The van der Waals surface area contributed by atoms with Gasteiger partial charge in [-0.2, -0.15) is 0 Å². The standard InChI is InChI=1S/C16H26FNO2/c1-16(2,3)18-12-13-7-8-15(14(17)11-13)20-10-6-5-9-19-4/h7-8,11,18H,5-6,9-10,12H2,1-4H3. The van der Waals surface area contributed by atoms with Gasteiger partial charge in [0, 0.05) is 25.8 Å². The van der Waals surface area contributed by atoms with Crippen molar-refractivity contribution in [1.82, 2.24) is 5.32 Å². The average Bonchev–Trinajstić information content (AvgIpc) is 2.37. The molecule has 1 aromatic carbocycles. The van der Waals surface area contributed by atoms with Crippen molar-refractivity contribution in [2.45, 2.75) is 45.7 Å². The number of unbranched alkanes of at least 4 members (excludes halogenated alkanes) is 1. The second kappa shape index (κ2) is 8.22. The Hall–Kier alpha value is -1.13. The summed E-state index contributed by atoms with van der Waals surface area (Å²) in [5, 5.41) is 3.33. The van der Waals surface area contributed by atoms with E-state index in [1.165, 1.54) is 6.07 Å². The molecule has 0 aliphatic carbocycles. The van der Waals surface area contributed by atoms with E-state index in [0.717, 1.165) is 18.4 Å². The van der Waals surface area contributed by atoms with Gasteiger partial charge in [0.2, 0.25) is 0 Å². The quantitative estimate of drug-likeness (QED) is 0.740. The van der Waals surface area contributed by atoms with E-state index in [4.69, 9.17) is 9.47 Å². The molecule has 0 saturated heterocycles. The molecule has 0 fully saturated rings. The van der Waals surface area contributed by atoms with Gasteiger partial charge in [0.25, 0.3) is 0 Å². The Bertz CT molecular complexity index is 402. The second-order valence-corrected chi connectivity index (χ2v) is 5.92. The van der Waals surface area contributed by atoms with E-state index in [2.05, 4.69) is 26.1 Å². The molecule has 0 amide bonds. The van der Waals surface area contributed by atoms with Crippen LogP contribution >= 0.6 is 0 Å². The largest absolute Gasteiger partial charge is 0.491 e. The Balaban J connectivity index is 2.43. The van der Waals surface area contributed by atoms with E-state index in [1.54, 1.807) is 13.2 Å². The number of rotatable bonds is 8. The maximum atomic E-state index is 13.9. The first-order valence-corrected chi connectivity index (χ1v) is 7.07. The Morgan fingerprint density at radius 2 is 1.85 bits per heavy atom. The minimum Gasteiger partial charge on any atom is -0.491 e. The summed E-state index contributed by atoms with van der Waals surface area (Å²) in [6.07, 6.45) is 1.78. The number of methoxy groups -OCH3 is 1. The number of benzene rings is 1. The molecule has 0 aliphatic rings. The number of nitrogens with one attached hydrogen (secondary N) is 1. The molecule has 4 heteroatoms. The van der Waals surface area contributed by atoms with Crippen LogP contribution in [0.4, 0.5) is 4.39 Å². The molecule has 0 aliphatic heterocycles. The number of hydrogen-bond acceptors (Lipinski definition) is 3. The van der Waals surface area contributed by atoms with Gasteiger partial charge >= 0.3 is 0 Å². The predicted molar refractivity (Wildman–Crippen MR) is 79.6 cm³/mol. The van der Waals surface area contributed by atoms with Crippen molar-refractivity contribution in [3.05, 3.63) is 29.6 Å². The van der Waals surface area contributed by atoms with Crippen molar-refractivity contribution < 1.29 is 13.9 Å². The fourth-order valence-electron chi connectivity index (χ4n) is 1.67. The highest BCUT2D eigenvalue weighted by Crippen LogP contribution is 2.19. The van der Waals surface area contributed by atoms with Crippen molar-refractivity contribution >= 4 is 0 Å². The van der Waals surface area contributed by atoms with E-state index in [-0.39, 0.29) is 11.4 Å². The Morgan fingerprint density at radius 3 is 2.45 bits per heavy atom. The molecule has 0 bridgehead atoms. The highest BCUT2D eigenvalue weighted by molar-refractivity contribution is 5.29. The molecule has 0 radical (unpaired) electrons. The van der Waals surface area contributed by atoms with Gasteiger partial charge < -0.3 is 14.8 Å². The summed E-state index contributed by atoms with van der Waals surface area (Å²) in [7, 11) is 1.67. The van der Waals surface area contributed by atoms with Gasteiger partial charge in [-0.1, -0.05) is 6.07 Å². The minimum atomic E-state index is -0.301. The molecule has 1 rings (SSSR count). The van der Waals surface area contributed by atoms with Crippen molar-refractivity contribution in [3.63, 3.8) is 0 Å². The molecule has 3 nitrogen and oxygen atoms in total. The molecule has 1 N–H and O–H groups in total. The smallest absolute Gasteiger partial charge is 0.165 e. The normalized spacial score (nSPS) is 11.7. The first kappa shape index (κ1) is 16.9. The van der Waals surface area contributed by atoms with Crippen molar-refractivity contribution in [3.8, 4) is 5.75 Å². The molecule has 0 aromatic heterocycles. The van der Waals surface area contributed by atoms with Gasteiger partial charge in [-0.3, -0.25) is 0 Å². The van der Waals surface area contributed by atoms with Crippen LogP contribution in [-0.2, 0) is 11.3 Å². The lowest BCUT2D eigenvalue weighted by molar-refractivity contribution is 0.183. The van der Waals surface area contributed by atoms with Crippen molar-refractivity contribution in [2.24, 2.45) is 0 Å². The number of halogens is 1. The molecular weight excluding hydrogens is 257 g/mol. The Kier molecular flexibility index (Phi) is 6.96. The summed E-state index contributed by atoms with van der Waals surface area (Å²) in [6.45, 7) is 8.13. The van der Waals surface area contributed by atoms with Gasteiger partial charge in [-0.05, 0) is 51.3 Å². The summed E-state index contributed by atoms with van der Waals surface area (Å²) >= 11 is 0. The van der Waals surface area contributed by atoms with Crippen LogP contribution in [0, 0.1) is 5.82 Å². The lowest BCUT2D eigenvalue weighted by atomic mass is 10.1. The molecule has 114 valence electrons. The summed E-state index contributed by atoms with van der Waals surface area (Å²) in [5.41, 5.74) is 0.941. The van der Waals surface area contributed by atoms with Gasteiger partial charge in [-0.15, -0.1) is 0 Å². The van der Waals surface area contributed by atoms with Crippen molar-refractivity contribution in [1.29, 1.82) is 0 Å². The average molecular weight is 283 g/mol. The third-order valence-electron chi connectivity index (χ3n) is 2.82. The van der Waals surface area contributed by atoms with E-state index >= 15 is 0 Å². The number of ether oxygens (including phenoxy) is 2. The topological polar surface area (TPSA) is 30.5 Å². The molecule has 20 heavy (non-hydrogen) atoms. The zero-order chi connectivity index (χ0) is 15.0. The lowest BCUT2D eigenvalue weighted by Gasteiger charge is -2.20. The van der Waals surface area contributed by atoms with Crippen LogP contribution < -0.4 is 10.1 Å². The monoisotopic (exact) mass is 283 g/mol. The van der Waals surface area contributed by atoms with Gasteiger partial charge in [0.15, 0.2) is 11.6 Å². The van der Waals surface area contributed by atoms with Crippen LogP contribution in [0.5, 0.6) is 5.75 Å². The van der Waals surface area contributed by atoms with Crippen LogP contribution in [0.3, 0.4) is 0 Å². The third kappa shape index (κ3) is 6.87. The molecule has 0 heterocycles. The van der Waals surface area contributed by atoms with Crippen molar-refractivity contribution in [2.75, 3.05) is 20.3 Å². The molecule has 0 atom stereocenters. The highest BCUT2D eigenvalue weighted by Gasteiger charge is 2.10. The summed E-state index contributed by atoms with van der Waals surface area (Å²) in [4.78, 5) is 0. The predicted octanol–water partition coefficient (Wildman–Crippen LogP) is 3.52. The SMILES string of the molecule is COCCCCOc1ccc(CNC(C)(C)C)cc1F. The molecular formula is C16H26FNO2. The van der Waals surface area contributed by atoms with Crippen LogP contribution in [0.25, 0.3) is 0 Å². The van der Waals surface area contributed by atoms with Gasteiger partial charge in [-0.25, -0.2) is 4.39 Å². The highest BCUT2D eigenvalue weighted by atomic mass is 19.1. The maximum Gasteiger partial charge on any atom is 0.165 e. The van der Waals surface area contributed by atoms with Crippen LogP contribution in [0.1, 0.15) is 39.2 Å². The Morgan fingerprint density at radius 1 is 1.15 bits per heavy atom. The fraction of sp³-hybridized carbons (Fsp3) is 0.625. The summed E-state index contributed by atoms with van der Waals surface area (Å²) in [6, 6.07) is 5.13. The zero-order valence-electron chi connectivity index (χ0n) is 13.0.